The number of nitrogens with one attached hydrogen (secondary N) is 1. The second-order valence-electron chi connectivity index (χ2n) is 5.05. The van der Waals surface area contributed by atoms with E-state index >= 15 is 0 Å². The van der Waals surface area contributed by atoms with Crippen LogP contribution in [-0.2, 0) is 16.6 Å². The van der Waals surface area contributed by atoms with E-state index in [0.29, 0.717) is 10.6 Å². The highest BCUT2D eigenvalue weighted by Gasteiger charge is 2.39. The Morgan fingerprint density at radius 1 is 1.42 bits per heavy atom. The first-order valence-electron chi connectivity index (χ1n) is 6.45. The second-order valence-corrected chi connectivity index (χ2v) is 7.14. The number of hydrogen-bond donors (Lipinski definition) is 2. The molecule has 0 heterocycles. The van der Waals surface area contributed by atoms with Gasteiger partial charge < -0.3 is 5.73 Å². The Morgan fingerprint density at radius 3 is 2.58 bits per heavy atom. The molecule has 0 atom stereocenters. The maximum absolute atomic E-state index is 12.4. The summed E-state index contributed by atoms with van der Waals surface area (Å²) >= 11 is 5.95. The van der Waals surface area contributed by atoms with Crippen molar-refractivity contribution in [3.8, 4) is 0 Å². The maximum atomic E-state index is 12.4. The molecule has 19 heavy (non-hydrogen) atoms. The number of halogens is 1. The molecule has 1 fully saturated rings. The first kappa shape index (κ1) is 14.8. The van der Waals surface area contributed by atoms with Gasteiger partial charge >= 0.3 is 0 Å². The molecule has 3 N–H and O–H groups in total. The van der Waals surface area contributed by atoms with Gasteiger partial charge in [-0.05, 0) is 49.4 Å². The van der Waals surface area contributed by atoms with Crippen LogP contribution in [0.25, 0.3) is 0 Å². The minimum Gasteiger partial charge on any atom is -0.326 e. The molecule has 4 nitrogen and oxygen atoms in total. The van der Waals surface area contributed by atoms with Crippen LogP contribution >= 0.6 is 11.6 Å². The average molecular weight is 303 g/mol. The molecule has 1 saturated carbocycles. The Hall–Kier alpha value is -0.620. The van der Waals surface area contributed by atoms with Crippen LogP contribution in [0.2, 0.25) is 5.02 Å². The molecule has 0 spiro atoms. The number of sulfonamides is 1. The first-order valence-corrected chi connectivity index (χ1v) is 8.31. The molecule has 106 valence electrons. The normalized spacial score (nSPS) is 18.1. The molecule has 0 aliphatic heterocycles. The lowest BCUT2D eigenvalue weighted by Crippen LogP contribution is -2.52. The van der Waals surface area contributed by atoms with E-state index in [2.05, 4.69) is 4.72 Å². The Bertz CT molecular complexity index is 562. The Labute approximate surface area is 119 Å². The predicted octanol–water partition coefficient (Wildman–Crippen LogP) is 2.41. The molecular formula is C13H19ClN2O2S. The third-order valence-electron chi connectivity index (χ3n) is 3.89. The average Bonchev–Trinajstić information content (AvgIpc) is 2.34. The zero-order valence-electron chi connectivity index (χ0n) is 10.9. The fourth-order valence-electron chi connectivity index (χ4n) is 2.35. The summed E-state index contributed by atoms with van der Waals surface area (Å²) < 4.78 is 27.6. The van der Waals surface area contributed by atoms with Crippen LogP contribution in [-0.4, -0.2) is 14.0 Å². The Balaban J connectivity index is 2.29. The molecular weight excluding hydrogens is 284 g/mol. The monoisotopic (exact) mass is 302 g/mol. The summed E-state index contributed by atoms with van der Waals surface area (Å²) in [6.45, 7) is 2.23. The van der Waals surface area contributed by atoms with Crippen LogP contribution in [0.3, 0.4) is 0 Å². The van der Waals surface area contributed by atoms with Gasteiger partial charge in [0.2, 0.25) is 10.0 Å². The number of hydrogen-bond acceptors (Lipinski definition) is 3. The van der Waals surface area contributed by atoms with Crippen LogP contribution in [0, 0.1) is 0 Å². The van der Waals surface area contributed by atoms with Crippen molar-refractivity contribution in [1.29, 1.82) is 0 Å². The largest absolute Gasteiger partial charge is 0.326 e. The molecule has 2 rings (SSSR count). The fourth-order valence-corrected chi connectivity index (χ4v) is 4.13. The SMILES string of the molecule is CCC1(NS(=O)(=O)c2ccc(Cl)c(CN)c2)CCC1. The van der Waals surface area contributed by atoms with E-state index in [1.165, 1.54) is 6.07 Å². The first-order chi connectivity index (χ1) is 8.92. The summed E-state index contributed by atoms with van der Waals surface area (Å²) in [5, 5.41) is 0.496. The molecule has 0 bridgehead atoms. The molecule has 1 aromatic carbocycles. The van der Waals surface area contributed by atoms with Crippen molar-refractivity contribution >= 4 is 21.6 Å². The van der Waals surface area contributed by atoms with Crippen LogP contribution in [0.1, 0.15) is 38.2 Å². The Morgan fingerprint density at radius 2 is 2.11 bits per heavy atom. The van der Waals surface area contributed by atoms with E-state index in [9.17, 15) is 8.42 Å². The summed E-state index contributed by atoms with van der Waals surface area (Å²) in [5.74, 6) is 0. The lowest BCUT2D eigenvalue weighted by atomic mass is 9.76. The van der Waals surface area contributed by atoms with E-state index in [1.807, 2.05) is 6.92 Å². The van der Waals surface area contributed by atoms with Crippen molar-refractivity contribution in [2.24, 2.45) is 5.73 Å². The van der Waals surface area contributed by atoms with Crippen LogP contribution < -0.4 is 10.5 Å². The highest BCUT2D eigenvalue weighted by atomic mass is 35.5. The summed E-state index contributed by atoms with van der Waals surface area (Å²) in [7, 11) is -3.50. The summed E-state index contributed by atoms with van der Waals surface area (Å²) in [6.07, 6.45) is 3.69. The molecule has 0 radical (unpaired) electrons. The third-order valence-corrected chi connectivity index (χ3v) is 5.83. The summed E-state index contributed by atoms with van der Waals surface area (Å²) in [5.41, 5.74) is 5.93. The van der Waals surface area contributed by atoms with Crippen molar-refractivity contribution in [3.05, 3.63) is 28.8 Å². The summed E-state index contributed by atoms with van der Waals surface area (Å²) in [6, 6.07) is 4.65. The topological polar surface area (TPSA) is 72.2 Å². The van der Waals surface area contributed by atoms with Crippen molar-refractivity contribution in [3.63, 3.8) is 0 Å². The zero-order chi connectivity index (χ0) is 14.1. The summed E-state index contributed by atoms with van der Waals surface area (Å²) in [4.78, 5) is 0.233. The van der Waals surface area contributed by atoms with E-state index in [0.717, 1.165) is 25.7 Å². The smallest absolute Gasteiger partial charge is 0.241 e. The molecule has 1 aromatic rings. The third kappa shape index (κ3) is 2.94. The van der Waals surface area contributed by atoms with Crippen molar-refractivity contribution in [2.45, 2.75) is 49.6 Å². The molecule has 6 heteroatoms. The lowest BCUT2D eigenvalue weighted by molar-refractivity contribution is 0.214. The van der Waals surface area contributed by atoms with E-state index in [4.69, 9.17) is 17.3 Å². The van der Waals surface area contributed by atoms with Gasteiger partial charge in [0, 0.05) is 17.1 Å². The maximum Gasteiger partial charge on any atom is 0.241 e. The van der Waals surface area contributed by atoms with Gasteiger partial charge in [0.1, 0.15) is 0 Å². The zero-order valence-corrected chi connectivity index (χ0v) is 12.5. The molecule has 0 amide bonds. The van der Waals surface area contributed by atoms with E-state index in [1.54, 1.807) is 12.1 Å². The van der Waals surface area contributed by atoms with Gasteiger partial charge in [-0.2, -0.15) is 0 Å². The van der Waals surface area contributed by atoms with Gasteiger partial charge in [0.25, 0.3) is 0 Å². The fraction of sp³-hybridized carbons (Fsp3) is 0.538. The van der Waals surface area contributed by atoms with Crippen LogP contribution in [0.4, 0.5) is 0 Å². The van der Waals surface area contributed by atoms with E-state index in [-0.39, 0.29) is 17.0 Å². The molecule has 0 aromatic heterocycles. The molecule has 1 aliphatic carbocycles. The molecule has 1 aliphatic rings. The predicted molar refractivity (Wildman–Crippen MR) is 76.5 cm³/mol. The lowest BCUT2D eigenvalue weighted by Gasteiger charge is -2.41. The standard InChI is InChI=1S/C13H19ClN2O2S/c1-2-13(6-3-7-13)16-19(17,18)11-4-5-12(14)10(8-11)9-15/h4-5,8,16H,2-3,6-7,9,15H2,1H3. The highest BCUT2D eigenvalue weighted by Crippen LogP contribution is 2.36. The van der Waals surface area contributed by atoms with Gasteiger partial charge in [-0.3, -0.25) is 0 Å². The molecule has 0 unspecified atom stereocenters. The highest BCUT2D eigenvalue weighted by molar-refractivity contribution is 7.89. The van der Waals surface area contributed by atoms with Crippen LogP contribution in [0.15, 0.2) is 23.1 Å². The second kappa shape index (κ2) is 5.40. The van der Waals surface area contributed by atoms with Gasteiger partial charge in [-0.25, -0.2) is 13.1 Å². The van der Waals surface area contributed by atoms with Gasteiger partial charge in [0.05, 0.1) is 4.90 Å². The minimum atomic E-state index is -3.50. The Kier molecular flexibility index (Phi) is 4.20. The number of nitrogens with two attached hydrogens (primary N) is 1. The van der Waals surface area contributed by atoms with Gasteiger partial charge in [-0.1, -0.05) is 18.5 Å². The van der Waals surface area contributed by atoms with Crippen LogP contribution in [0.5, 0.6) is 0 Å². The van der Waals surface area contributed by atoms with Crippen molar-refractivity contribution in [1.82, 2.24) is 4.72 Å². The van der Waals surface area contributed by atoms with Gasteiger partial charge in [-0.15, -0.1) is 0 Å². The quantitative estimate of drug-likeness (QED) is 0.877. The molecule has 0 saturated heterocycles. The number of rotatable bonds is 5. The van der Waals surface area contributed by atoms with Crippen molar-refractivity contribution < 1.29 is 8.42 Å². The van der Waals surface area contributed by atoms with Gasteiger partial charge in [0.15, 0.2) is 0 Å². The number of benzene rings is 1. The van der Waals surface area contributed by atoms with E-state index < -0.39 is 10.0 Å². The minimum absolute atomic E-state index is 0.223. The van der Waals surface area contributed by atoms with Crippen molar-refractivity contribution in [2.75, 3.05) is 0 Å².